The summed E-state index contributed by atoms with van der Waals surface area (Å²) in [4.78, 5) is 12.4. The Labute approximate surface area is 191 Å². The van der Waals surface area contributed by atoms with Crippen LogP contribution in [0.5, 0.6) is 0 Å². The second kappa shape index (κ2) is 9.45. The zero-order chi connectivity index (χ0) is 28.1. The fourth-order valence-electron chi connectivity index (χ4n) is 4.33. The highest BCUT2D eigenvalue weighted by atomic mass is 19.4. The van der Waals surface area contributed by atoms with Crippen molar-refractivity contribution in [3.05, 3.63) is 0 Å². The van der Waals surface area contributed by atoms with Gasteiger partial charge in [0.25, 0.3) is 11.2 Å². The molecule has 0 aliphatic heterocycles. The summed E-state index contributed by atoms with van der Waals surface area (Å²) in [6, 6.07) is 0. The van der Waals surface area contributed by atoms with Crippen LogP contribution in [0.1, 0.15) is 52.9 Å². The van der Waals surface area contributed by atoms with E-state index in [0.29, 0.717) is 6.42 Å². The number of hydrogen-bond donors (Lipinski definition) is 2. The molecule has 0 heterocycles. The fraction of sp³-hybridized carbons (Fsp3) is 0.947. The van der Waals surface area contributed by atoms with E-state index >= 15 is 0 Å². The number of carbonyl (C=O) groups excluding carboxylic acids is 1. The third kappa shape index (κ3) is 5.77. The molecular weight excluding hydrogens is 520 g/mol. The van der Waals surface area contributed by atoms with Gasteiger partial charge in [-0.3, -0.25) is 4.79 Å². The Bertz CT molecular complexity index is 677. The Morgan fingerprint density at radius 2 is 1.03 bits per heavy atom. The van der Waals surface area contributed by atoms with Crippen molar-refractivity contribution in [1.29, 1.82) is 0 Å². The van der Waals surface area contributed by atoms with E-state index in [1.165, 1.54) is 13.8 Å². The van der Waals surface area contributed by atoms with Crippen LogP contribution >= 0.6 is 0 Å². The third-order valence-electron chi connectivity index (χ3n) is 6.28. The van der Waals surface area contributed by atoms with Gasteiger partial charge >= 0.3 is 30.7 Å². The van der Waals surface area contributed by atoms with Gasteiger partial charge in [0.1, 0.15) is 6.10 Å². The van der Waals surface area contributed by atoms with E-state index in [9.17, 15) is 67.7 Å². The first-order valence-electron chi connectivity index (χ1n) is 10.2. The molecule has 35 heavy (non-hydrogen) atoms. The number of rotatable bonds is 6. The summed E-state index contributed by atoms with van der Waals surface area (Å²) in [6.07, 6.45) is -33.6. The van der Waals surface area contributed by atoms with Crippen LogP contribution in [0.2, 0.25) is 0 Å². The average Bonchev–Trinajstić information content (AvgIpc) is 2.62. The lowest BCUT2D eigenvalue weighted by Crippen LogP contribution is -2.67. The second-order valence-electron chi connectivity index (χ2n) is 9.29. The molecule has 0 amide bonds. The van der Waals surface area contributed by atoms with E-state index in [1.807, 2.05) is 0 Å². The van der Waals surface area contributed by atoms with Crippen LogP contribution in [0.4, 0.5) is 52.7 Å². The normalized spacial score (nSPS) is 23.9. The maximum Gasteiger partial charge on any atom is 0.426 e. The summed E-state index contributed by atoms with van der Waals surface area (Å²) in [5.74, 6) is -8.04. The smallest absolute Gasteiger partial charge is 0.426 e. The molecule has 0 aromatic heterocycles. The van der Waals surface area contributed by atoms with Gasteiger partial charge in [-0.1, -0.05) is 13.3 Å². The van der Waals surface area contributed by atoms with Crippen molar-refractivity contribution < 1.29 is 72.4 Å². The van der Waals surface area contributed by atoms with Gasteiger partial charge in [-0.15, -0.1) is 0 Å². The van der Waals surface area contributed by atoms with Gasteiger partial charge in [0.05, 0.1) is 5.41 Å². The molecule has 208 valence electrons. The predicted molar refractivity (Wildman–Crippen MR) is 93.5 cm³/mol. The number of aliphatic hydroxyl groups is 2. The molecule has 1 fully saturated rings. The number of halogens is 12. The molecule has 0 bridgehead atoms. The minimum absolute atomic E-state index is 0.0511. The van der Waals surface area contributed by atoms with E-state index in [-0.39, 0.29) is 6.42 Å². The first-order chi connectivity index (χ1) is 15.3. The Morgan fingerprint density at radius 3 is 1.29 bits per heavy atom. The summed E-state index contributed by atoms with van der Waals surface area (Å²) < 4.78 is 165. The zero-order valence-electron chi connectivity index (χ0n) is 18.5. The third-order valence-corrected chi connectivity index (χ3v) is 6.28. The highest BCUT2D eigenvalue weighted by Crippen LogP contribution is 2.58. The Hall–Kier alpha value is -1.45. The molecule has 1 saturated carbocycles. The summed E-state index contributed by atoms with van der Waals surface area (Å²) in [5.41, 5.74) is -12.9. The van der Waals surface area contributed by atoms with E-state index in [1.54, 1.807) is 6.92 Å². The quantitative estimate of drug-likeness (QED) is 0.325. The molecule has 0 radical (unpaired) electrons. The SMILES string of the molecule is CCCC(C)(C)C(=O)OC1CC(C(O)(C(F)(F)F)C(F)(F)F)CC(C(O)(C(F)(F)F)C(F)(F)F)C1. The highest BCUT2D eigenvalue weighted by Gasteiger charge is 2.78. The molecule has 1 rings (SSSR count). The van der Waals surface area contributed by atoms with Crippen molar-refractivity contribution in [3.8, 4) is 0 Å². The Kier molecular flexibility index (Phi) is 8.53. The Balaban J connectivity index is 3.67. The first-order valence-corrected chi connectivity index (χ1v) is 10.2. The van der Waals surface area contributed by atoms with Gasteiger partial charge in [0, 0.05) is 11.8 Å². The van der Waals surface area contributed by atoms with Crippen molar-refractivity contribution in [3.63, 3.8) is 0 Å². The molecule has 1 aliphatic rings. The average molecular weight is 544 g/mol. The minimum Gasteiger partial charge on any atom is -0.462 e. The second-order valence-corrected chi connectivity index (χ2v) is 9.29. The van der Waals surface area contributed by atoms with E-state index < -0.39 is 84.5 Å². The predicted octanol–water partition coefficient (Wildman–Crippen LogP) is 5.85. The maximum absolute atomic E-state index is 13.4. The molecule has 0 aromatic carbocycles. The molecular formula is C19H24F12O4. The first kappa shape index (κ1) is 31.6. The van der Waals surface area contributed by atoms with Crippen LogP contribution in [0.15, 0.2) is 0 Å². The van der Waals surface area contributed by atoms with E-state index in [0.717, 1.165) is 0 Å². The number of alkyl halides is 12. The molecule has 2 unspecified atom stereocenters. The number of hydrogen-bond acceptors (Lipinski definition) is 4. The largest absolute Gasteiger partial charge is 0.462 e. The van der Waals surface area contributed by atoms with Gasteiger partial charge in [-0.25, -0.2) is 0 Å². The standard InChI is InChI=1S/C19H24F12O4/c1-4-5-13(2,3)12(32)35-11-7-9(14(33,16(20,21)22)17(23,24)25)6-10(8-11)15(34,18(26,27)28)19(29,30)31/h9-11,33-34H,4-8H2,1-3H3. The van der Waals surface area contributed by atoms with Crippen molar-refractivity contribution in [1.82, 2.24) is 0 Å². The molecule has 1 aliphatic carbocycles. The molecule has 0 saturated heterocycles. The van der Waals surface area contributed by atoms with Crippen LogP contribution in [0, 0.1) is 17.3 Å². The lowest BCUT2D eigenvalue weighted by Gasteiger charge is -2.48. The molecule has 0 aromatic rings. The summed E-state index contributed by atoms with van der Waals surface area (Å²) in [7, 11) is 0. The number of ether oxygens (including phenoxy) is 1. The Morgan fingerprint density at radius 1 is 0.714 bits per heavy atom. The highest BCUT2D eigenvalue weighted by molar-refractivity contribution is 5.76. The topological polar surface area (TPSA) is 66.8 Å². The summed E-state index contributed by atoms with van der Waals surface area (Å²) in [5, 5.41) is 19.3. The van der Waals surface area contributed by atoms with Crippen molar-refractivity contribution in [2.45, 2.75) is 94.9 Å². The van der Waals surface area contributed by atoms with Crippen LogP contribution in [0.3, 0.4) is 0 Å². The van der Waals surface area contributed by atoms with Crippen LogP contribution < -0.4 is 0 Å². The van der Waals surface area contributed by atoms with Crippen LogP contribution in [-0.2, 0) is 9.53 Å². The maximum atomic E-state index is 13.4. The van der Waals surface area contributed by atoms with Gasteiger partial charge in [-0.2, -0.15) is 52.7 Å². The fourth-order valence-corrected chi connectivity index (χ4v) is 4.33. The summed E-state index contributed by atoms with van der Waals surface area (Å²) >= 11 is 0. The zero-order valence-corrected chi connectivity index (χ0v) is 18.5. The van der Waals surface area contributed by atoms with E-state index in [2.05, 4.69) is 0 Å². The molecule has 2 N–H and O–H groups in total. The van der Waals surface area contributed by atoms with Gasteiger partial charge in [-0.05, 0) is 39.5 Å². The van der Waals surface area contributed by atoms with Crippen molar-refractivity contribution >= 4 is 5.97 Å². The monoisotopic (exact) mass is 544 g/mol. The number of carbonyl (C=O) groups is 1. The van der Waals surface area contributed by atoms with Gasteiger partial charge < -0.3 is 14.9 Å². The molecule has 2 atom stereocenters. The summed E-state index contributed by atoms with van der Waals surface area (Å²) in [6.45, 7) is 4.06. The molecule has 4 nitrogen and oxygen atoms in total. The number of esters is 1. The van der Waals surface area contributed by atoms with Crippen LogP contribution in [0.25, 0.3) is 0 Å². The van der Waals surface area contributed by atoms with Gasteiger partial charge in [0.2, 0.25) is 0 Å². The molecule has 0 spiro atoms. The van der Waals surface area contributed by atoms with Crippen molar-refractivity contribution in [2.24, 2.45) is 17.3 Å². The lowest BCUT2D eigenvalue weighted by atomic mass is 9.65. The van der Waals surface area contributed by atoms with Crippen molar-refractivity contribution in [2.75, 3.05) is 0 Å². The van der Waals surface area contributed by atoms with Gasteiger partial charge in [0.15, 0.2) is 0 Å². The van der Waals surface area contributed by atoms with Crippen LogP contribution in [-0.4, -0.2) is 58.2 Å². The van der Waals surface area contributed by atoms with E-state index in [4.69, 9.17) is 4.74 Å². The minimum atomic E-state index is -6.58. The lowest BCUT2D eigenvalue weighted by molar-refractivity contribution is -0.405. The molecule has 16 heteroatoms.